The lowest BCUT2D eigenvalue weighted by molar-refractivity contribution is 0.636. The largest absolute Gasteiger partial charge is 0.259 e. The average molecular weight is 691 g/mol. The molecule has 0 unspecified atom stereocenters. The molecule has 0 aliphatic rings. The first-order chi connectivity index (χ1) is 25.1. The van der Waals surface area contributed by atoms with Gasteiger partial charge in [0.15, 0.2) is 11.3 Å². The predicted octanol–water partition coefficient (Wildman–Crippen LogP) is 12.1. The molecule has 6 nitrogen and oxygen atoms in total. The van der Waals surface area contributed by atoms with Crippen molar-refractivity contribution in [1.82, 2.24) is 23.8 Å². The number of hydrogen-bond acceptors (Lipinski definition) is 3. The van der Waals surface area contributed by atoms with Crippen molar-refractivity contribution < 1.29 is 0 Å². The van der Waals surface area contributed by atoms with Crippen molar-refractivity contribution in [3.8, 4) is 11.4 Å². The van der Waals surface area contributed by atoms with Crippen molar-refractivity contribution in [3.05, 3.63) is 125 Å². The highest BCUT2D eigenvalue weighted by atomic mass is 15.4. The fourth-order valence-corrected chi connectivity index (χ4v) is 8.14. The van der Waals surface area contributed by atoms with Gasteiger partial charge in [-0.15, -0.1) is 5.10 Å². The van der Waals surface area contributed by atoms with Gasteiger partial charge in [-0.2, -0.15) is 0 Å². The number of rotatable bonds is 10. The van der Waals surface area contributed by atoms with Gasteiger partial charge < -0.3 is 0 Å². The molecule has 7 aromatic rings. The van der Waals surface area contributed by atoms with Gasteiger partial charge in [-0.3, -0.25) is 9.13 Å². The molecule has 3 aromatic heterocycles. The molecule has 3 heterocycles. The summed E-state index contributed by atoms with van der Waals surface area (Å²) >= 11 is 0. The summed E-state index contributed by atoms with van der Waals surface area (Å²) in [6, 6.07) is 28.9. The Morgan fingerprint density at radius 1 is 0.538 bits per heavy atom. The summed E-state index contributed by atoms with van der Waals surface area (Å²) in [6.45, 7) is 23.0. The summed E-state index contributed by atoms with van der Waals surface area (Å²) in [5.41, 5.74) is 13.4. The molecule has 52 heavy (non-hydrogen) atoms. The highest BCUT2D eigenvalue weighted by Gasteiger charge is 2.28. The van der Waals surface area contributed by atoms with Crippen LogP contribution in [0.5, 0.6) is 0 Å². The molecule has 0 radical (unpaired) electrons. The minimum absolute atomic E-state index is 0.264. The first kappa shape index (κ1) is 35.4. The van der Waals surface area contributed by atoms with Crippen LogP contribution in [0.2, 0.25) is 0 Å². The van der Waals surface area contributed by atoms with E-state index in [9.17, 15) is 0 Å². The van der Waals surface area contributed by atoms with Crippen molar-refractivity contribution in [2.45, 2.75) is 112 Å². The minimum Gasteiger partial charge on any atom is -0.259 e. The van der Waals surface area contributed by atoms with E-state index in [1.54, 1.807) is 0 Å². The molecule has 0 atom stereocenters. The van der Waals surface area contributed by atoms with E-state index < -0.39 is 0 Å². The van der Waals surface area contributed by atoms with Gasteiger partial charge in [0, 0.05) is 23.2 Å². The van der Waals surface area contributed by atoms with E-state index in [-0.39, 0.29) is 23.7 Å². The van der Waals surface area contributed by atoms with Crippen molar-refractivity contribution in [2.75, 3.05) is 0 Å². The monoisotopic (exact) mass is 690 g/mol. The fraction of sp³-hybridized carbons (Fsp3) is 0.370. The second-order valence-electron chi connectivity index (χ2n) is 15.6. The quantitative estimate of drug-likeness (QED) is 0.143. The van der Waals surface area contributed by atoms with E-state index in [4.69, 9.17) is 15.1 Å². The smallest absolute Gasteiger partial charge is 0.240 e. The standard InChI is InChI=1S/C46H54N6/c1-11-32(12-2)33-26-38(30(7)8)43(39(27-33)31(9)10)51-45-44(47-24-25-48-45)50(42-34(28(3)4)20-17-21-35(42)29(5)6)46(51)49-52-40-22-15-13-18-36(40)37-19-14-16-23-41(37)52/h13-32H,11-12H2,1-10H3/b49-46-. The van der Waals surface area contributed by atoms with Crippen LogP contribution < -0.4 is 5.62 Å². The second-order valence-corrected chi connectivity index (χ2v) is 15.6. The molecule has 4 aromatic carbocycles. The van der Waals surface area contributed by atoms with Crippen LogP contribution in [0.1, 0.15) is 139 Å². The molecule has 0 saturated heterocycles. The first-order valence-corrected chi connectivity index (χ1v) is 19.4. The predicted molar refractivity (Wildman–Crippen MR) is 218 cm³/mol. The van der Waals surface area contributed by atoms with Crippen molar-refractivity contribution >= 4 is 33.1 Å². The Balaban J connectivity index is 1.78. The summed E-state index contributed by atoms with van der Waals surface area (Å²) in [6.07, 6.45) is 5.87. The fourth-order valence-electron chi connectivity index (χ4n) is 8.14. The number of fused-ring (bicyclic) bond motifs is 4. The van der Waals surface area contributed by atoms with Crippen LogP contribution in [-0.2, 0) is 0 Å². The summed E-state index contributed by atoms with van der Waals surface area (Å²) in [7, 11) is 0. The topological polar surface area (TPSA) is 52.9 Å². The third-order valence-electron chi connectivity index (χ3n) is 10.9. The molecule has 0 spiro atoms. The van der Waals surface area contributed by atoms with E-state index in [0.717, 1.165) is 52.2 Å². The van der Waals surface area contributed by atoms with Gasteiger partial charge in [-0.05, 0) is 82.4 Å². The van der Waals surface area contributed by atoms with Crippen molar-refractivity contribution in [1.29, 1.82) is 0 Å². The lowest BCUT2D eigenvalue weighted by Crippen LogP contribution is -2.29. The number of para-hydroxylation sites is 3. The highest BCUT2D eigenvalue weighted by Crippen LogP contribution is 2.39. The Kier molecular flexibility index (Phi) is 9.69. The Labute approximate surface area is 308 Å². The molecule has 0 aliphatic heterocycles. The van der Waals surface area contributed by atoms with E-state index in [1.807, 2.05) is 12.4 Å². The van der Waals surface area contributed by atoms with E-state index in [1.165, 1.54) is 38.6 Å². The number of nitrogens with zero attached hydrogens (tertiary/aromatic N) is 6. The molecule has 7 rings (SSSR count). The van der Waals surface area contributed by atoms with Crippen molar-refractivity contribution in [3.63, 3.8) is 0 Å². The maximum atomic E-state index is 5.80. The minimum atomic E-state index is 0.264. The second kappa shape index (κ2) is 14.2. The van der Waals surface area contributed by atoms with Crippen LogP contribution in [0.4, 0.5) is 0 Å². The molecule has 6 heteroatoms. The number of benzene rings is 4. The summed E-state index contributed by atoms with van der Waals surface area (Å²) in [4.78, 5) is 10.3. The van der Waals surface area contributed by atoms with Gasteiger partial charge in [0.1, 0.15) is 0 Å². The summed E-state index contributed by atoms with van der Waals surface area (Å²) in [5.74, 6) is 1.57. The Morgan fingerprint density at radius 3 is 1.38 bits per heavy atom. The van der Waals surface area contributed by atoms with Gasteiger partial charge in [-0.1, -0.05) is 136 Å². The average Bonchev–Trinajstić information content (AvgIpc) is 3.63. The van der Waals surface area contributed by atoms with Crippen LogP contribution in [0, 0.1) is 0 Å². The van der Waals surface area contributed by atoms with Gasteiger partial charge in [-0.25, -0.2) is 14.6 Å². The SMILES string of the molecule is CCC(CC)c1cc(C(C)C)c(-n2/c(=N\n3c4ccccc4c4ccccc43)n(-c3c(C(C)C)cccc3C(C)C)c3nccnc32)c(C(C)C)c1. The Morgan fingerprint density at radius 2 is 0.962 bits per heavy atom. The van der Waals surface area contributed by atoms with Gasteiger partial charge in [0.25, 0.3) is 0 Å². The summed E-state index contributed by atoms with van der Waals surface area (Å²) in [5, 5.41) is 8.16. The van der Waals surface area contributed by atoms with Crippen LogP contribution in [-0.4, -0.2) is 23.8 Å². The zero-order chi connectivity index (χ0) is 36.8. The summed E-state index contributed by atoms with van der Waals surface area (Å²) < 4.78 is 6.80. The van der Waals surface area contributed by atoms with E-state index in [2.05, 4.69) is 162 Å². The lowest BCUT2D eigenvalue weighted by Gasteiger charge is -2.25. The third-order valence-corrected chi connectivity index (χ3v) is 10.9. The first-order valence-electron chi connectivity index (χ1n) is 19.4. The van der Waals surface area contributed by atoms with Crippen molar-refractivity contribution in [2.24, 2.45) is 5.10 Å². The molecule has 0 aliphatic carbocycles. The number of hydrogen-bond donors (Lipinski definition) is 0. The molecule has 0 amide bonds. The molecule has 0 fully saturated rings. The van der Waals surface area contributed by atoms with Gasteiger partial charge >= 0.3 is 0 Å². The van der Waals surface area contributed by atoms with Crippen LogP contribution in [0.15, 0.2) is 96.4 Å². The van der Waals surface area contributed by atoms with Gasteiger partial charge in [0.05, 0.1) is 22.4 Å². The van der Waals surface area contributed by atoms with Gasteiger partial charge in [0.2, 0.25) is 5.62 Å². The molecule has 0 N–H and O–H groups in total. The normalized spacial score (nSPS) is 12.8. The van der Waals surface area contributed by atoms with Crippen LogP contribution >= 0.6 is 0 Å². The third kappa shape index (κ3) is 5.86. The molecular formula is C46H54N6. The maximum absolute atomic E-state index is 5.80. The zero-order valence-corrected chi connectivity index (χ0v) is 32.6. The maximum Gasteiger partial charge on any atom is 0.240 e. The Hall–Kier alpha value is -4.97. The number of imidazole rings is 1. The molecule has 268 valence electrons. The molecule has 0 saturated carbocycles. The highest BCUT2D eigenvalue weighted by molar-refractivity contribution is 6.07. The zero-order valence-electron chi connectivity index (χ0n) is 32.6. The van der Waals surface area contributed by atoms with Crippen LogP contribution in [0.3, 0.4) is 0 Å². The Bertz CT molecular complexity index is 2350. The number of aromatic nitrogens is 5. The molecule has 0 bridgehead atoms. The van der Waals surface area contributed by atoms with E-state index in [0.29, 0.717) is 5.92 Å². The van der Waals surface area contributed by atoms with Crippen LogP contribution in [0.25, 0.3) is 44.5 Å². The van der Waals surface area contributed by atoms with E-state index >= 15 is 0 Å². The lowest BCUT2D eigenvalue weighted by atomic mass is 9.84. The molecular weight excluding hydrogens is 637 g/mol.